The van der Waals surface area contributed by atoms with Crippen molar-refractivity contribution in [2.75, 3.05) is 76.2 Å². The summed E-state index contributed by atoms with van der Waals surface area (Å²) in [7, 11) is 2.19. The van der Waals surface area contributed by atoms with Gasteiger partial charge < -0.3 is 24.8 Å². The fraction of sp³-hybridized carbons (Fsp3) is 0.583. The highest BCUT2D eigenvalue weighted by molar-refractivity contribution is 5.63. The van der Waals surface area contributed by atoms with Crippen LogP contribution in [0.15, 0.2) is 24.3 Å². The van der Waals surface area contributed by atoms with E-state index in [1.54, 1.807) is 0 Å². The first-order valence-electron chi connectivity index (χ1n) is 11.7. The lowest BCUT2D eigenvalue weighted by Gasteiger charge is -2.34. The molecule has 1 aromatic carbocycles. The number of aromatic nitrogens is 2. The average Bonchev–Trinajstić information content (AvgIpc) is 3.33. The van der Waals surface area contributed by atoms with Crippen molar-refractivity contribution >= 4 is 11.5 Å². The number of likely N-dealkylation sites (N-methyl/N-ethyl adjacent to an activating group) is 1. The molecule has 2 aromatic rings. The van der Waals surface area contributed by atoms with Crippen LogP contribution in [0.25, 0.3) is 11.4 Å². The number of ether oxygens (including phenoxy) is 1. The Kier molecular flexibility index (Phi) is 6.34. The molecule has 0 bridgehead atoms. The van der Waals surface area contributed by atoms with E-state index in [1.807, 2.05) is 0 Å². The fourth-order valence-corrected chi connectivity index (χ4v) is 4.73. The molecule has 0 atom stereocenters. The zero-order valence-corrected chi connectivity index (χ0v) is 18.6. The summed E-state index contributed by atoms with van der Waals surface area (Å²) in [6.45, 7) is 10.1. The van der Waals surface area contributed by atoms with Crippen LogP contribution >= 0.6 is 0 Å². The van der Waals surface area contributed by atoms with E-state index in [0.29, 0.717) is 6.61 Å². The molecule has 1 N–H and O–H groups in total. The number of nitrogens with one attached hydrogen (secondary N) is 1. The third kappa shape index (κ3) is 4.84. The summed E-state index contributed by atoms with van der Waals surface area (Å²) >= 11 is 0. The smallest absolute Gasteiger partial charge is 0.161 e. The summed E-state index contributed by atoms with van der Waals surface area (Å²) in [5, 5.41) is 3.59. The predicted molar refractivity (Wildman–Crippen MR) is 125 cm³/mol. The average molecular weight is 423 g/mol. The Morgan fingerprint density at radius 2 is 1.74 bits per heavy atom. The fourth-order valence-electron chi connectivity index (χ4n) is 4.73. The number of nitrogens with zero attached hydrogens (tertiary/aromatic N) is 5. The first-order valence-corrected chi connectivity index (χ1v) is 11.7. The van der Waals surface area contributed by atoms with E-state index in [2.05, 4.69) is 51.3 Å². The maximum Gasteiger partial charge on any atom is 0.161 e. The molecule has 2 saturated heterocycles. The minimum absolute atomic E-state index is 0.601. The molecule has 4 heterocycles. The van der Waals surface area contributed by atoms with Gasteiger partial charge in [0, 0.05) is 62.5 Å². The summed E-state index contributed by atoms with van der Waals surface area (Å²) in [6, 6.07) is 8.77. The van der Waals surface area contributed by atoms with Gasteiger partial charge in [-0.05, 0) is 57.2 Å². The SMILES string of the molecule is CN1CCN(c2ccc(-c3nc4c(c(NCCN5CCCC5)n3)COCC4)cc2)CC1. The standard InChI is InChI=1S/C24H34N6O/c1-28-13-15-30(16-14-28)20-6-4-19(5-7-20)23-26-22-8-17-31-18-21(22)24(27-23)25-9-12-29-10-2-3-11-29/h4-7H,2-3,8-18H2,1H3,(H,25,26,27). The Labute approximate surface area is 185 Å². The van der Waals surface area contributed by atoms with Crippen molar-refractivity contribution in [1.29, 1.82) is 0 Å². The third-order valence-electron chi connectivity index (χ3n) is 6.74. The van der Waals surface area contributed by atoms with Crippen molar-refractivity contribution in [2.24, 2.45) is 0 Å². The van der Waals surface area contributed by atoms with E-state index in [4.69, 9.17) is 14.7 Å². The van der Waals surface area contributed by atoms with E-state index in [1.165, 1.54) is 31.6 Å². The van der Waals surface area contributed by atoms with E-state index in [9.17, 15) is 0 Å². The number of piperazine rings is 1. The Morgan fingerprint density at radius 1 is 0.968 bits per heavy atom. The van der Waals surface area contributed by atoms with Gasteiger partial charge in [-0.3, -0.25) is 0 Å². The number of fused-ring (bicyclic) bond motifs is 1. The number of rotatable bonds is 6. The molecule has 0 unspecified atom stereocenters. The Hall–Kier alpha value is -2.22. The van der Waals surface area contributed by atoms with Gasteiger partial charge >= 0.3 is 0 Å². The van der Waals surface area contributed by atoms with Crippen molar-refractivity contribution in [1.82, 2.24) is 19.8 Å². The van der Waals surface area contributed by atoms with Crippen LogP contribution in [0.4, 0.5) is 11.5 Å². The molecule has 3 aliphatic rings. The maximum atomic E-state index is 5.71. The van der Waals surface area contributed by atoms with E-state index in [0.717, 1.165) is 80.8 Å². The number of benzene rings is 1. The molecule has 0 spiro atoms. The second kappa shape index (κ2) is 9.51. The van der Waals surface area contributed by atoms with Crippen LogP contribution in [-0.4, -0.2) is 85.8 Å². The molecular formula is C24H34N6O. The largest absolute Gasteiger partial charge is 0.376 e. The second-order valence-electron chi connectivity index (χ2n) is 8.94. The Morgan fingerprint density at radius 3 is 2.52 bits per heavy atom. The van der Waals surface area contributed by atoms with Gasteiger partial charge in [0.2, 0.25) is 0 Å². The molecule has 0 amide bonds. The molecule has 7 nitrogen and oxygen atoms in total. The molecule has 0 radical (unpaired) electrons. The van der Waals surface area contributed by atoms with Gasteiger partial charge in [0.1, 0.15) is 5.82 Å². The summed E-state index contributed by atoms with van der Waals surface area (Å²) in [6.07, 6.45) is 3.50. The molecule has 0 aliphatic carbocycles. The molecule has 31 heavy (non-hydrogen) atoms. The minimum Gasteiger partial charge on any atom is -0.376 e. The second-order valence-corrected chi connectivity index (χ2v) is 8.94. The number of likely N-dealkylation sites (tertiary alicyclic amines) is 1. The normalized spacial score (nSPS) is 20.1. The van der Waals surface area contributed by atoms with Gasteiger partial charge in [0.15, 0.2) is 5.82 Å². The van der Waals surface area contributed by atoms with Crippen LogP contribution < -0.4 is 10.2 Å². The summed E-state index contributed by atoms with van der Waals surface area (Å²) in [4.78, 5) is 17.2. The van der Waals surface area contributed by atoms with Crippen LogP contribution in [0.2, 0.25) is 0 Å². The lowest BCUT2D eigenvalue weighted by Crippen LogP contribution is -2.44. The van der Waals surface area contributed by atoms with Crippen LogP contribution in [0.5, 0.6) is 0 Å². The number of anilines is 2. The number of hydrogen-bond acceptors (Lipinski definition) is 7. The van der Waals surface area contributed by atoms with Gasteiger partial charge in [-0.25, -0.2) is 9.97 Å². The predicted octanol–water partition coefficient (Wildman–Crippen LogP) is 2.48. The molecule has 5 rings (SSSR count). The van der Waals surface area contributed by atoms with Crippen molar-refractivity contribution in [3.8, 4) is 11.4 Å². The van der Waals surface area contributed by atoms with Gasteiger partial charge in [-0.15, -0.1) is 0 Å². The van der Waals surface area contributed by atoms with Crippen LogP contribution in [0.1, 0.15) is 24.1 Å². The van der Waals surface area contributed by atoms with Crippen molar-refractivity contribution < 1.29 is 4.74 Å². The van der Waals surface area contributed by atoms with E-state index in [-0.39, 0.29) is 0 Å². The lowest BCUT2D eigenvalue weighted by molar-refractivity contribution is 0.109. The molecule has 0 saturated carbocycles. The molecule has 3 aliphatic heterocycles. The van der Waals surface area contributed by atoms with E-state index >= 15 is 0 Å². The third-order valence-corrected chi connectivity index (χ3v) is 6.74. The highest BCUT2D eigenvalue weighted by Gasteiger charge is 2.20. The minimum atomic E-state index is 0.601. The van der Waals surface area contributed by atoms with Gasteiger partial charge in [0.25, 0.3) is 0 Å². The first-order chi connectivity index (χ1) is 15.3. The highest BCUT2D eigenvalue weighted by Crippen LogP contribution is 2.28. The Balaban J connectivity index is 1.33. The summed E-state index contributed by atoms with van der Waals surface area (Å²) in [5.74, 6) is 1.76. The summed E-state index contributed by atoms with van der Waals surface area (Å²) in [5.41, 5.74) is 4.62. The number of hydrogen-bond donors (Lipinski definition) is 1. The monoisotopic (exact) mass is 422 g/mol. The quantitative estimate of drug-likeness (QED) is 0.767. The van der Waals surface area contributed by atoms with Crippen LogP contribution in [0.3, 0.4) is 0 Å². The lowest BCUT2D eigenvalue weighted by atomic mass is 10.1. The van der Waals surface area contributed by atoms with Crippen molar-refractivity contribution in [3.63, 3.8) is 0 Å². The van der Waals surface area contributed by atoms with Crippen molar-refractivity contribution in [3.05, 3.63) is 35.5 Å². The first kappa shape index (κ1) is 20.7. The van der Waals surface area contributed by atoms with Crippen molar-refractivity contribution in [2.45, 2.75) is 25.9 Å². The molecule has 1 aromatic heterocycles. The molecule has 166 valence electrons. The zero-order chi connectivity index (χ0) is 21.0. The molecular weight excluding hydrogens is 388 g/mol. The van der Waals surface area contributed by atoms with Gasteiger partial charge in [-0.2, -0.15) is 0 Å². The zero-order valence-electron chi connectivity index (χ0n) is 18.6. The Bertz CT molecular complexity index is 872. The van der Waals surface area contributed by atoms with Crippen LogP contribution in [-0.2, 0) is 17.8 Å². The maximum absolute atomic E-state index is 5.71. The topological polar surface area (TPSA) is 56.8 Å². The highest BCUT2D eigenvalue weighted by atomic mass is 16.5. The summed E-state index contributed by atoms with van der Waals surface area (Å²) < 4.78 is 5.71. The van der Waals surface area contributed by atoms with Gasteiger partial charge in [0.05, 0.1) is 18.9 Å². The molecule has 2 fully saturated rings. The van der Waals surface area contributed by atoms with Gasteiger partial charge in [-0.1, -0.05) is 0 Å². The van der Waals surface area contributed by atoms with Crippen LogP contribution in [0, 0.1) is 0 Å². The van der Waals surface area contributed by atoms with E-state index < -0.39 is 0 Å². The molecule has 7 heteroatoms.